The molecule has 2 aromatic rings. The van der Waals surface area contributed by atoms with Crippen molar-refractivity contribution in [2.75, 3.05) is 5.32 Å². The Kier molecular flexibility index (Phi) is 3.04. The molecule has 0 aliphatic heterocycles. The summed E-state index contributed by atoms with van der Waals surface area (Å²) in [4.78, 5) is 10.1. The first-order valence-electron chi connectivity index (χ1n) is 5.11. The largest absolute Gasteiger partial charge is 0.378 e. The molecule has 0 spiro atoms. The van der Waals surface area contributed by atoms with Crippen LogP contribution in [0.25, 0.3) is 0 Å². The van der Waals surface area contributed by atoms with E-state index in [-0.39, 0.29) is 5.69 Å². The topological polar surface area (TPSA) is 73.0 Å². The van der Waals surface area contributed by atoms with Crippen LogP contribution < -0.4 is 5.32 Å². The molecule has 1 heterocycles. The Labute approximate surface area is 98.0 Å². The Balaban J connectivity index is 1.97. The monoisotopic (exact) mass is 232 g/mol. The van der Waals surface area contributed by atoms with E-state index in [9.17, 15) is 10.1 Å². The fourth-order valence-corrected chi connectivity index (χ4v) is 1.45. The number of benzene rings is 1. The van der Waals surface area contributed by atoms with Gasteiger partial charge in [0.15, 0.2) is 0 Å². The Bertz CT molecular complexity index is 519. The van der Waals surface area contributed by atoms with Crippen molar-refractivity contribution >= 4 is 11.4 Å². The van der Waals surface area contributed by atoms with Crippen molar-refractivity contribution in [1.29, 1.82) is 0 Å². The summed E-state index contributed by atoms with van der Waals surface area (Å²) < 4.78 is 1.71. The van der Waals surface area contributed by atoms with Gasteiger partial charge >= 0.3 is 0 Å². The van der Waals surface area contributed by atoms with Crippen molar-refractivity contribution in [3.63, 3.8) is 0 Å². The molecule has 1 aromatic heterocycles. The van der Waals surface area contributed by atoms with Gasteiger partial charge in [0.25, 0.3) is 5.69 Å². The predicted octanol–water partition coefficient (Wildman–Crippen LogP) is 1.94. The summed E-state index contributed by atoms with van der Waals surface area (Å²) in [7, 11) is 1.84. The van der Waals surface area contributed by atoms with Crippen LogP contribution in [0.3, 0.4) is 0 Å². The van der Waals surface area contributed by atoms with Crippen molar-refractivity contribution in [2.24, 2.45) is 7.05 Å². The zero-order chi connectivity index (χ0) is 12.3. The third-order valence-electron chi connectivity index (χ3n) is 2.35. The number of non-ortho nitro benzene ring substituents is 1. The standard InChI is InChI=1S/C11H12N4O2/c1-14-8-10(7-13-14)12-6-9-2-4-11(5-3-9)15(16)17/h2-5,7-8,12H,6H2,1H3. The minimum atomic E-state index is -0.404. The molecule has 0 saturated carbocycles. The van der Waals surface area contributed by atoms with Gasteiger partial charge in [-0.25, -0.2) is 0 Å². The van der Waals surface area contributed by atoms with Crippen LogP contribution in [0.1, 0.15) is 5.56 Å². The highest BCUT2D eigenvalue weighted by Gasteiger charge is 2.03. The van der Waals surface area contributed by atoms with E-state index >= 15 is 0 Å². The zero-order valence-corrected chi connectivity index (χ0v) is 9.33. The number of nitro benzene ring substituents is 1. The number of nitrogens with one attached hydrogen (secondary N) is 1. The van der Waals surface area contributed by atoms with E-state index in [2.05, 4.69) is 10.4 Å². The summed E-state index contributed by atoms with van der Waals surface area (Å²) in [5.41, 5.74) is 2.01. The molecule has 6 nitrogen and oxygen atoms in total. The van der Waals surface area contributed by atoms with Crippen LogP contribution in [0.2, 0.25) is 0 Å². The van der Waals surface area contributed by atoms with Crippen LogP contribution in [0.5, 0.6) is 0 Å². The van der Waals surface area contributed by atoms with Gasteiger partial charge in [-0.05, 0) is 5.56 Å². The number of anilines is 1. The lowest BCUT2D eigenvalue weighted by Gasteiger charge is -2.02. The summed E-state index contributed by atoms with van der Waals surface area (Å²) in [6.45, 7) is 0.615. The van der Waals surface area contributed by atoms with Gasteiger partial charge in [0, 0.05) is 31.9 Å². The first kappa shape index (κ1) is 11.1. The fraction of sp³-hybridized carbons (Fsp3) is 0.182. The van der Waals surface area contributed by atoms with Gasteiger partial charge in [-0.1, -0.05) is 12.1 Å². The molecule has 0 bridgehead atoms. The third-order valence-corrected chi connectivity index (χ3v) is 2.35. The molecule has 2 rings (SSSR count). The fourth-order valence-electron chi connectivity index (χ4n) is 1.45. The summed E-state index contributed by atoms with van der Waals surface area (Å²) >= 11 is 0. The maximum atomic E-state index is 10.5. The molecule has 0 fully saturated rings. The second-order valence-corrected chi connectivity index (χ2v) is 3.68. The molecular formula is C11H12N4O2. The van der Waals surface area contributed by atoms with Gasteiger partial charge in [0.2, 0.25) is 0 Å². The van der Waals surface area contributed by atoms with Gasteiger partial charge in [0.05, 0.1) is 16.8 Å². The molecule has 0 radical (unpaired) electrons. The Morgan fingerprint density at radius 3 is 2.65 bits per heavy atom. The normalized spacial score (nSPS) is 10.2. The average molecular weight is 232 g/mol. The minimum Gasteiger partial charge on any atom is -0.378 e. The van der Waals surface area contributed by atoms with Crippen molar-refractivity contribution < 1.29 is 4.92 Å². The number of hydrogen-bond acceptors (Lipinski definition) is 4. The Morgan fingerprint density at radius 1 is 1.41 bits per heavy atom. The van der Waals surface area contributed by atoms with Crippen molar-refractivity contribution in [3.8, 4) is 0 Å². The van der Waals surface area contributed by atoms with Crippen LogP contribution in [-0.2, 0) is 13.6 Å². The van der Waals surface area contributed by atoms with E-state index in [0.717, 1.165) is 11.3 Å². The van der Waals surface area contributed by atoms with Crippen LogP contribution in [0.15, 0.2) is 36.7 Å². The lowest BCUT2D eigenvalue weighted by atomic mass is 10.2. The van der Waals surface area contributed by atoms with Gasteiger partial charge in [0.1, 0.15) is 0 Å². The van der Waals surface area contributed by atoms with Gasteiger partial charge in [-0.15, -0.1) is 0 Å². The average Bonchev–Trinajstić information content (AvgIpc) is 2.73. The molecule has 0 saturated heterocycles. The lowest BCUT2D eigenvalue weighted by molar-refractivity contribution is -0.384. The SMILES string of the molecule is Cn1cc(NCc2ccc([N+](=O)[O-])cc2)cn1. The first-order valence-corrected chi connectivity index (χ1v) is 5.11. The molecule has 1 aromatic carbocycles. The van der Waals surface area contributed by atoms with Crippen molar-refractivity contribution in [2.45, 2.75) is 6.54 Å². The Morgan fingerprint density at radius 2 is 2.12 bits per heavy atom. The molecule has 0 unspecified atom stereocenters. The molecule has 0 aliphatic rings. The number of aryl methyl sites for hydroxylation is 1. The van der Waals surface area contributed by atoms with Crippen LogP contribution in [-0.4, -0.2) is 14.7 Å². The maximum absolute atomic E-state index is 10.5. The summed E-state index contributed by atoms with van der Waals surface area (Å²) in [6.07, 6.45) is 3.59. The van der Waals surface area contributed by atoms with E-state index < -0.39 is 4.92 Å². The van der Waals surface area contributed by atoms with E-state index in [1.807, 2.05) is 13.2 Å². The number of rotatable bonds is 4. The van der Waals surface area contributed by atoms with E-state index in [0.29, 0.717) is 6.54 Å². The number of nitrogens with zero attached hydrogens (tertiary/aromatic N) is 3. The quantitative estimate of drug-likeness (QED) is 0.645. The van der Waals surface area contributed by atoms with Crippen LogP contribution in [0, 0.1) is 10.1 Å². The van der Waals surface area contributed by atoms with Gasteiger partial charge in [-0.3, -0.25) is 14.8 Å². The number of aromatic nitrogens is 2. The van der Waals surface area contributed by atoms with E-state index in [4.69, 9.17) is 0 Å². The second kappa shape index (κ2) is 4.65. The molecule has 0 atom stereocenters. The predicted molar refractivity (Wildman–Crippen MR) is 63.6 cm³/mol. The molecule has 1 N–H and O–H groups in total. The minimum absolute atomic E-state index is 0.107. The smallest absolute Gasteiger partial charge is 0.269 e. The highest BCUT2D eigenvalue weighted by Crippen LogP contribution is 2.13. The van der Waals surface area contributed by atoms with Crippen LogP contribution in [0.4, 0.5) is 11.4 Å². The van der Waals surface area contributed by atoms with E-state index in [1.54, 1.807) is 23.0 Å². The number of hydrogen-bond donors (Lipinski definition) is 1. The summed E-state index contributed by atoms with van der Waals surface area (Å²) in [5.74, 6) is 0. The highest BCUT2D eigenvalue weighted by molar-refractivity contribution is 5.40. The molecule has 17 heavy (non-hydrogen) atoms. The van der Waals surface area contributed by atoms with Crippen LogP contribution >= 0.6 is 0 Å². The van der Waals surface area contributed by atoms with Gasteiger partial charge < -0.3 is 5.32 Å². The van der Waals surface area contributed by atoms with E-state index in [1.165, 1.54) is 12.1 Å². The highest BCUT2D eigenvalue weighted by atomic mass is 16.6. The molecule has 0 aliphatic carbocycles. The lowest BCUT2D eigenvalue weighted by Crippen LogP contribution is -1.98. The number of nitro groups is 1. The maximum Gasteiger partial charge on any atom is 0.269 e. The zero-order valence-electron chi connectivity index (χ0n) is 9.33. The third kappa shape index (κ3) is 2.81. The summed E-state index contributed by atoms with van der Waals surface area (Å²) in [6, 6.07) is 6.48. The van der Waals surface area contributed by atoms with Crippen molar-refractivity contribution in [1.82, 2.24) is 9.78 Å². The van der Waals surface area contributed by atoms with Crippen molar-refractivity contribution in [3.05, 3.63) is 52.3 Å². The molecule has 0 amide bonds. The summed E-state index contributed by atoms with van der Waals surface area (Å²) in [5, 5.41) is 17.7. The molecular weight excluding hydrogens is 220 g/mol. The first-order chi connectivity index (χ1) is 8.15. The molecule has 6 heteroatoms. The Hall–Kier alpha value is -2.37. The van der Waals surface area contributed by atoms with Gasteiger partial charge in [-0.2, -0.15) is 5.10 Å². The second-order valence-electron chi connectivity index (χ2n) is 3.68. The molecule has 88 valence electrons.